The number of amides is 2. The van der Waals surface area contributed by atoms with Gasteiger partial charge in [0.2, 0.25) is 12.3 Å². The van der Waals surface area contributed by atoms with E-state index in [2.05, 4.69) is 26.3 Å². The van der Waals surface area contributed by atoms with Gasteiger partial charge >= 0.3 is 0 Å². The number of nitrogens with zero attached hydrogens (tertiary/aromatic N) is 1. The third-order valence-electron chi connectivity index (χ3n) is 3.14. The van der Waals surface area contributed by atoms with E-state index in [1.165, 1.54) is 0 Å². The number of hydrogen-bond donors (Lipinski definition) is 2. The zero-order chi connectivity index (χ0) is 17.7. The molecule has 0 radical (unpaired) electrons. The molecule has 0 aromatic carbocycles. The Kier molecular flexibility index (Phi) is 13.4. The molecule has 4 unspecified atom stereocenters. The van der Waals surface area contributed by atoms with Gasteiger partial charge in [0.1, 0.15) is 11.1 Å². The molecule has 0 aromatic heterocycles. The number of nitrogens with one attached hydrogen (secondary N) is 2. The van der Waals surface area contributed by atoms with Gasteiger partial charge in [0.05, 0.1) is 28.2 Å². The Hall–Kier alpha value is -0.600. The van der Waals surface area contributed by atoms with E-state index >= 15 is 0 Å². The van der Waals surface area contributed by atoms with Crippen molar-refractivity contribution in [3.05, 3.63) is 0 Å². The first-order valence-corrected chi connectivity index (χ1v) is 8.95. The molecule has 0 aromatic rings. The minimum atomic E-state index is -0.466. The predicted molar refractivity (Wildman–Crippen MR) is 92.8 cm³/mol. The molecule has 2 N–H and O–H groups in total. The average molecular weight is 414 g/mol. The molecule has 0 rings (SSSR count). The summed E-state index contributed by atoms with van der Waals surface area (Å²) >= 11 is 3.26. The predicted octanol–water partition coefficient (Wildman–Crippen LogP) is 0.0615. The molecule has 2 amide bonds. The van der Waals surface area contributed by atoms with Crippen LogP contribution in [0.5, 0.6) is 0 Å². The Bertz CT molecular complexity index is 365. The number of rotatable bonds is 14. The van der Waals surface area contributed by atoms with E-state index in [1.807, 2.05) is 6.92 Å². The van der Waals surface area contributed by atoms with Crippen LogP contribution in [0.2, 0.25) is 0 Å². The molecule has 10 heteroatoms. The monoisotopic (exact) mass is 413 g/mol. The van der Waals surface area contributed by atoms with Gasteiger partial charge in [-0.25, -0.2) is 0 Å². The van der Waals surface area contributed by atoms with Crippen molar-refractivity contribution >= 4 is 43.5 Å². The standard InChI is InChI=1S/C13H25BrN3O5P/c1-10(17(9-19)7-12(14)13(20)15-2)6-11(21-3)8-22-23-16-4-5-18/h5,9-12,16,23H,4,6-8H2,1-3H3,(H,15,20). The van der Waals surface area contributed by atoms with Gasteiger partial charge in [0, 0.05) is 26.7 Å². The van der Waals surface area contributed by atoms with Crippen molar-refractivity contribution in [1.82, 2.24) is 15.3 Å². The molecule has 0 aliphatic carbocycles. The molecule has 8 nitrogen and oxygen atoms in total. The van der Waals surface area contributed by atoms with E-state index in [0.717, 1.165) is 12.7 Å². The number of halogens is 1. The van der Waals surface area contributed by atoms with Crippen LogP contribution in [-0.2, 0) is 23.6 Å². The zero-order valence-electron chi connectivity index (χ0n) is 13.6. The fourth-order valence-electron chi connectivity index (χ4n) is 1.77. The summed E-state index contributed by atoms with van der Waals surface area (Å²) in [5.41, 5.74) is 0. The lowest BCUT2D eigenvalue weighted by Crippen LogP contribution is -2.43. The minimum Gasteiger partial charge on any atom is -0.379 e. The smallest absolute Gasteiger partial charge is 0.235 e. The summed E-state index contributed by atoms with van der Waals surface area (Å²) in [6.07, 6.45) is 1.87. The number of aldehydes is 1. The highest BCUT2D eigenvalue weighted by Crippen LogP contribution is 2.14. The molecule has 0 bridgehead atoms. The van der Waals surface area contributed by atoms with E-state index in [-0.39, 0.29) is 40.1 Å². The molecular formula is C13H25BrN3O5P. The van der Waals surface area contributed by atoms with Crippen molar-refractivity contribution in [2.75, 3.05) is 33.9 Å². The third kappa shape index (κ3) is 9.99. The second-order valence-electron chi connectivity index (χ2n) is 4.79. The van der Waals surface area contributed by atoms with Crippen molar-refractivity contribution in [3.63, 3.8) is 0 Å². The maximum Gasteiger partial charge on any atom is 0.235 e. The highest BCUT2D eigenvalue weighted by atomic mass is 79.9. The van der Waals surface area contributed by atoms with Crippen molar-refractivity contribution < 1.29 is 23.6 Å². The minimum absolute atomic E-state index is 0.0142. The van der Waals surface area contributed by atoms with E-state index in [1.54, 1.807) is 19.1 Å². The zero-order valence-corrected chi connectivity index (χ0v) is 16.2. The first-order valence-electron chi connectivity index (χ1n) is 7.12. The Balaban J connectivity index is 4.30. The fraction of sp³-hybridized carbons (Fsp3) is 0.769. The largest absolute Gasteiger partial charge is 0.379 e. The third-order valence-corrected chi connectivity index (χ3v) is 4.50. The Morgan fingerprint density at radius 2 is 2.13 bits per heavy atom. The molecule has 0 fully saturated rings. The quantitative estimate of drug-likeness (QED) is 0.181. The van der Waals surface area contributed by atoms with Crippen molar-refractivity contribution in [2.24, 2.45) is 0 Å². The van der Waals surface area contributed by atoms with Crippen LogP contribution >= 0.6 is 24.9 Å². The topological polar surface area (TPSA) is 97.0 Å². The highest BCUT2D eigenvalue weighted by molar-refractivity contribution is 9.10. The molecule has 0 saturated heterocycles. The van der Waals surface area contributed by atoms with E-state index in [0.29, 0.717) is 13.0 Å². The summed E-state index contributed by atoms with van der Waals surface area (Å²) in [5.74, 6) is -0.182. The Labute approximate surface area is 147 Å². The van der Waals surface area contributed by atoms with Crippen LogP contribution in [0.4, 0.5) is 0 Å². The molecule has 4 atom stereocenters. The van der Waals surface area contributed by atoms with Gasteiger partial charge in [-0.15, -0.1) is 0 Å². The Morgan fingerprint density at radius 1 is 1.43 bits per heavy atom. The van der Waals surface area contributed by atoms with Crippen LogP contribution in [-0.4, -0.2) is 74.3 Å². The number of methoxy groups -OCH3 is 1. The van der Waals surface area contributed by atoms with E-state index in [4.69, 9.17) is 9.26 Å². The lowest BCUT2D eigenvalue weighted by molar-refractivity contribution is -0.123. The number of alkyl halides is 1. The lowest BCUT2D eigenvalue weighted by atomic mass is 10.1. The van der Waals surface area contributed by atoms with Crippen molar-refractivity contribution in [1.29, 1.82) is 0 Å². The molecular weight excluding hydrogens is 389 g/mol. The SMILES string of the molecule is CNC(=O)C(Br)CN(C=O)C(C)CC(COPNCC=O)OC. The second kappa shape index (κ2) is 13.8. The molecule has 0 aliphatic rings. The van der Waals surface area contributed by atoms with Gasteiger partial charge in [0.25, 0.3) is 0 Å². The Morgan fingerprint density at radius 3 is 2.65 bits per heavy atom. The van der Waals surface area contributed by atoms with Crippen LogP contribution in [0.25, 0.3) is 0 Å². The maximum atomic E-state index is 11.5. The normalized spacial score (nSPS) is 15.1. The highest BCUT2D eigenvalue weighted by Gasteiger charge is 2.23. The van der Waals surface area contributed by atoms with Gasteiger partial charge in [0.15, 0.2) is 0 Å². The molecule has 0 aliphatic heterocycles. The fourth-order valence-corrected chi connectivity index (χ4v) is 2.87. The summed E-state index contributed by atoms with van der Waals surface area (Å²) < 4.78 is 10.7. The first kappa shape index (κ1) is 22.4. The van der Waals surface area contributed by atoms with Crippen LogP contribution in [0.1, 0.15) is 13.3 Å². The molecule has 0 spiro atoms. The summed E-state index contributed by atoms with van der Waals surface area (Å²) in [6.45, 7) is 2.75. The van der Waals surface area contributed by atoms with Crippen LogP contribution in [0.3, 0.4) is 0 Å². The van der Waals surface area contributed by atoms with Crippen LogP contribution < -0.4 is 10.4 Å². The lowest BCUT2D eigenvalue weighted by Gasteiger charge is -2.29. The molecule has 0 heterocycles. The number of ether oxygens (including phenoxy) is 1. The van der Waals surface area contributed by atoms with Crippen molar-refractivity contribution in [3.8, 4) is 0 Å². The van der Waals surface area contributed by atoms with E-state index < -0.39 is 4.83 Å². The number of hydrogen-bond acceptors (Lipinski definition) is 6. The van der Waals surface area contributed by atoms with Crippen LogP contribution in [0.15, 0.2) is 0 Å². The summed E-state index contributed by atoms with van der Waals surface area (Å²) in [6, 6.07) is -0.114. The summed E-state index contributed by atoms with van der Waals surface area (Å²) in [7, 11) is 3.13. The van der Waals surface area contributed by atoms with Gasteiger partial charge in [-0.3, -0.25) is 14.7 Å². The maximum absolute atomic E-state index is 11.5. The average Bonchev–Trinajstić information content (AvgIpc) is 2.56. The number of carbonyl (C=O) groups is 3. The van der Waals surface area contributed by atoms with Gasteiger partial charge in [-0.1, -0.05) is 15.9 Å². The van der Waals surface area contributed by atoms with Crippen molar-refractivity contribution in [2.45, 2.75) is 30.3 Å². The molecule has 0 saturated carbocycles. The number of carbonyl (C=O) groups excluding carboxylic acids is 3. The van der Waals surface area contributed by atoms with Gasteiger partial charge < -0.3 is 24.3 Å². The summed E-state index contributed by atoms with van der Waals surface area (Å²) in [4.78, 5) is 34.0. The van der Waals surface area contributed by atoms with E-state index in [9.17, 15) is 14.4 Å². The second-order valence-corrected chi connectivity index (χ2v) is 6.74. The first-order chi connectivity index (χ1) is 11.0. The van der Waals surface area contributed by atoms with Gasteiger partial charge in [-0.05, 0) is 13.3 Å². The van der Waals surface area contributed by atoms with Crippen LogP contribution in [0, 0.1) is 0 Å². The van der Waals surface area contributed by atoms with Gasteiger partial charge in [-0.2, -0.15) is 0 Å². The molecule has 23 heavy (non-hydrogen) atoms. The molecule has 134 valence electrons. The summed E-state index contributed by atoms with van der Waals surface area (Å²) in [5, 5.41) is 5.34.